The van der Waals surface area contributed by atoms with E-state index in [4.69, 9.17) is 55.9 Å². The molecule has 2 aromatic heterocycles. The molecule has 0 spiro atoms. The van der Waals surface area contributed by atoms with Crippen LogP contribution in [0.4, 0.5) is 5.69 Å². The number of benzene rings is 3. The second-order valence-corrected chi connectivity index (χ2v) is 10.9. The van der Waals surface area contributed by atoms with Gasteiger partial charge in [0.05, 0.1) is 15.7 Å². The molecule has 2 N–H and O–H groups in total. The van der Waals surface area contributed by atoms with E-state index in [1.54, 1.807) is 48.5 Å². The van der Waals surface area contributed by atoms with E-state index in [1.807, 2.05) is 18.2 Å². The van der Waals surface area contributed by atoms with Crippen LogP contribution in [-0.4, -0.2) is 16.0 Å². The Bertz CT molecular complexity index is 1770. The highest BCUT2D eigenvalue weighted by Crippen LogP contribution is 2.33. The highest BCUT2D eigenvalue weighted by molar-refractivity contribution is 7.80. The van der Waals surface area contributed by atoms with Gasteiger partial charge in [-0.1, -0.05) is 54.7 Å². The Balaban J connectivity index is 1.24. The van der Waals surface area contributed by atoms with E-state index in [-0.39, 0.29) is 5.11 Å². The molecule has 0 aliphatic rings. The number of anilines is 1. The maximum atomic E-state index is 12.5. The molecule has 1 amide bonds. The molecule has 0 saturated carbocycles. The summed E-state index contributed by atoms with van der Waals surface area (Å²) in [6.45, 7) is 4.26. The maximum Gasteiger partial charge on any atom is 0.250 e. The van der Waals surface area contributed by atoms with Gasteiger partial charge in [-0.3, -0.25) is 10.1 Å². The number of thiocarbonyl (C=S) groups is 1. The lowest BCUT2D eigenvalue weighted by atomic mass is 10.0. The number of fused-ring (bicyclic) bond motifs is 1. The van der Waals surface area contributed by atoms with Crippen LogP contribution in [0.5, 0.6) is 0 Å². The van der Waals surface area contributed by atoms with Crippen molar-refractivity contribution in [2.45, 2.75) is 19.8 Å². The van der Waals surface area contributed by atoms with Gasteiger partial charge < -0.3 is 14.2 Å². The first-order chi connectivity index (χ1) is 19.2. The molecule has 5 aromatic rings. The zero-order chi connectivity index (χ0) is 28.4. The second-order valence-electron chi connectivity index (χ2n) is 9.20. The molecule has 0 aliphatic carbocycles. The lowest BCUT2D eigenvalue weighted by Crippen LogP contribution is -2.32. The Labute approximate surface area is 250 Å². The van der Waals surface area contributed by atoms with Gasteiger partial charge in [-0.25, -0.2) is 4.98 Å². The molecule has 0 atom stereocenters. The minimum atomic E-state index is -0.452. The van der Waals surface area contributed by atoms with E-state index in [0.717, 1.165) is 5.52 Å². The van der Waals surface area contributed by atoms with Gasteiger partial charge in [0.1, 0.15) is 17.0 Å². The van der Waals surface area contributed by atoms with Crippen LogP contribution in [0, 0.1) is 0 Å². The number of nitrogens with one attached hydrogen (secondary N) is 2. The van der Waals surface area contributed by atoms with Gasteiger partial charge in [0.2, 0.25) is 11.8 Å². The van der Waals surface area contributed by atoms with Crippen molar-refractivity contribution < 1.29 is 13.6 Å². The number of oxazole rings is 1. The number of amides is 1. The van der Waals surface area contributed by atoms with E-state index in [1.165, 1.54) is 17.7 Å². The smallest absolute Gasteiger partial charge is 0.250 e. The topological polar surface area (TPSA) is 80.3 Å². The van der Waals surface area contributed by atoms with Crippen LogP contribution in [-0.2, 0) is 4.79 Å². The first-order valence-corrected chi connectivity index (χ1v) is 13.8. The van der Waals surface area contributed by atoms with Crippen LogP contribution in [0.1, 0.15) is 31.1 Å². The van der Waals surface area contributed by atoms with Gasteiger partial charge in [0.25, 0.3) is 0 Å². The molecular formula is C30H22Cl3N3O3S. The summed E-state index contributed by atoms with van der Waals surface area (Å²) in [6.07, 6.45) is 2.83. The number of rotatable bonds is 6. The Hall–Kier alpha value is -3.62. The van der Waals surface area contributed by atoms with Crippen LogP contribution in [0.25, 0.3) is 40.0 Å². The van der Waals surface area contributed by atoms with Crippen molar-refractivity contribution in [2.75, 3.05) is 5.32 Å². The van der Waals surface area contributed by atoms with Crippen molar-refractivity contribution in [1.82, 2.24) is 10.3 Å². The van der Waals surface area contributed by atoms with Crippen LogP contribution < -0.4 is 10.6 Å². The Morgan fingerprint density at radius 2 is 1.77 bits per heavy atom. The number of nitrogens with zero attached hydrogens (tertiary/aromatic N) is 1. The van der Waals surface area contributed by atoms with Crippen LogP contribution in [0.15, 0.2) is 81.6 Å². The first-order valence-electron chi connectivity index (χ1n) is 12.2. The fraction of sp³-hybridized carbons (Fsp3) is 0.100. The summed E-state index contributed by atoms with van der Waals surface area (Å²) in [6, 6.07) is 19.9. The SMILES string of the molecule is CC(C)c1ccc2oc(-c3ccc(Cl)c(NC(=S)NC(=O)/C=C/c4ccc(-c5ccc(Cl)cc5Cl)o4)c3)nc2c1. The van der Waals surface area contributed by atoms with Gasteiger partial charge in [-0.2, -0.15) is 0 Å². The van der Waals surface area contributed by atoms with Gasteiger partial charge in [0.15, 0.2) is 10.7 Å². The lowest BCUT2D eigenvalue weighted by molar-refractivity contribution is -0.115. The zero-order valence-corrected chi connectivity index (χ0v) is 24.4. The molecular weight excluding hydrogens is 589 g/mol. The third-order valence-corrected chi connectivity index (χ3v) is 7.08. The Kier molecular flexibility index (Phi) is 8.28. The maximum absolute atomic E-state index is 12.5. The molecule has 3 aromatic carbocycles. The third-order valence-electron chi connectivity index (χ3n) is 6.00. The Morgan fingerprint density at radius 3 is 2.55 bits per heavy atom. The number of hydrogen-bond acceptors (Lipinski definition) is 5. The molecule has 10 heteroatoms. The minimum absolute atomic E-state index is 0.0703. The minimum Gasteiger partial charge on any atom is -0.457 e. The van der Waals surface area contributed by atoms with Crippen LogP contribution >= 0.6 is 47.0 Å². The van der Waals surface area contributed by atoms with E-state index in [9.17, 15) is 4.79 Å². The molecule has 5 rings (SSSR count). The fourth-order valence-corrected chi connectivity index (χ4v) is 4.80. The predicted octanol–water partition coefficient (Wildman–Crippen LogP) is 9.36. The monoisotopic (exact) mass is 609 g/mol. The molecule has 2 heterocycles. The molecule has 0 bridgehead atoms. The highest BCUT2D eigenvalue weighted by atomic mass is 35.5. The summed E-state index contributed by atoms with van der Waals surface area (Å²) in [7, 11) is 0. The standard InChI is InChI=1S/C30H22Cl3N3O3S/c1-16(2)17-4-10-27-25(13-17)34-29(39-27)18-3-9-22(32)24(14-18)35-30(40)36-28(37)12-7-20-6-11-26(38-20)21-8-5-19(31)15-23(21)33/h3-16H,1-2H3,(H2,35,36,37,40)/b12-7+. The first kappa shape index (κ1) is 27.9. The number of furan rings is 1. The number of hydrogen-bond donors (Lipinski definition) is 2. The zero-order valence-electron chi connectivity index (χ0n) is 21.3. The molecule has 6 nitrogen and oxygen atoms in total. The van der Waals surface area contributed by atoms with Gasteiger partial charge in [0, 0.05) is 22.2 Å². The molecule has 0 radical (unpaired) electrons. The molecule has 40 heavy (non-hydrogen) atoms. The molecule has 0 fully saturated rings. The van der Waals surface area contributed by atoms with Crippen LogP contribution in [0.2, 0.25) is 15.1 Å². The van der Waals surface area contributed by atoms with Crippen molar-refractivity contribution >= 4 is 80.9 Å². The molecule has 0 saturated heterocycles. The molecule has 0 aliphatic heterocycles. The van der Waals surface area contributed by atoms with Crippen molar-refractivity contribution in [2.24, 2.45) is 0 Å². The van der Waals surface area contributed by atoms with E-state index >= 15 is 0 Å². The normalized spacial score (nSPS) is 11.4. The highest BCUT2D eigenvalue weighted by Gasteiger charge is 2.14. The van der Waals surface area contributed by atoms with Crippen molar-refractivity contribution in [1.29, 1.82) is 0 Å². The predicted molar refractivity (Wildman–Crippen MR) is 166 cm³/mol. The summed E-state index contributed by atoms with van der Waals surface area (Å²) in [5, 5.41) is 7.03. The number of aromatic nitrogens is 1. The van der Waals surface area contributed by atoms with Gasteiger partial charge >= 0.3 is 0 Å². The number of carbonyl (C=O) groups excluding carboxylic acids is 1. The average molecular weight is 611 g/mol. The van der Waals surface area contributed by atoms with Gasteiger partial charge in [-0.05, 0) is 90.4 Å². The van der Waals surface area contributed by atoms with E-state index in [2.05, 4.69) is 29.5 Å². The van der Waals surface area contributed by atoms with E-state index < -0.39 is 5.91 Å². The van der Waals surface area contributed by atoms with E-state index in [0.29, 0.717) is 60.8 Å². The summed E-state index contributed by atoms with van der Waals surface area (Å²) >= 11 is 23.9. The largest absolute Gasteiger partial charge is 0.457 e. The summed E-state index contributed by atoms with van der Waals surface area (Å²) < 4.78 is 11.7. The quantitative estimate of drug-likeness (QED) is 0.147. The summed E-state index contributed by atoms with van der Waals surface area (Å²) in [5.41, 5.74) is 4.54. The third kappa shape index (κ3) is 6.40. The van der Waals surface area contributed by atoms with Gasteiger partial charge in [-0.15, -0.1) is 0 Å². The molecule has 202 valence electrons. The molecule has 0 unspecified atom stereocenters. The average Bonchev–Trinajstić information content (AvgIpc) is 3.55. The Morgan fingerprint density at radius 1 is 0.950 bits per heavy atom. The lowest BCUT2D eigenvalue weighted by Gasteiger charge is -2.10. The summed E-state index contributed by atoms with van der Waals surface area (Å²) in [5.74, 6) is 1.39. The van der Waals surface area contributed by atoms with Crippen molar-refractivity contribution in [3.63, 3.8) is 0 Å². The summed E-state index contributed by atoms with van der Waals surface area (Å²) in [4.78, 5) is 17.1. The fourth-order valence-electron chi connectivity index (χ4n) is 3.92. The van der Waals surface area contributed by atoms with Crippen molar-refractivity contribution in [3.05, 3.63) is 99.2 Å². The van der Waals surface area contributed by atoms with Crippen LogP contribution in [0.3, 0.4) is 0 Å². The number of carbonyl (C=O) groups is 1. The second kappa shape index (κ2) is 11.9. The number of halogens is 3. The van der Waals surface area contributed by atoms with Crippen molar-refractivity contribution in [3.8, 4) is 22.8 Å².